The summed E-state index contributed by atoms with van der Waals surface area (Å²) in [6.07, 6.45) is 2.79. The van der Waals surface area contributed by atoms with Crippen LogP contribution in [0.5, 0.6) is 0 Å². The summed E-state index contributed by atoms with van der Waals surface area (Å²) in [6, 6.07) is 0. The zero-order chi connectivity index (χ0) is 16.9. The second-order valence-corrected chi connectivity index (χ2v) is 6.49. The molecule has 1 aliphatic carbocycles. The van der Waals surface area contributed by atoms with Crippen LogP contribution in [0.3, 0.4) is 0 Å². The summed E-state index contributed by atoms with van der Waals surface area (Å²) in [5, 5.41) is 0. The fourth-order valence-corrected chi connectivity index (χ4v) is 3.05. The number of hydrogen-bond donors (Lipinski definition) is 0. The molecule has 1 aliphatic rings. The van der Waals surface area contributed by atoms with Crippen molar-refractivity contribution in [2.24, 2.45) is 11.8 Å². The Balaban J connectivity index is 2.58. The van der Waals surface area contributed by atoms with E-state index in [0.29, 0.717) is 5.57 Å². The van der Waals surface area contributed by atoms with Gasteiger partial charge in [0, 0.05) is 11.5 Å². The summed E-state index contributed by atoms with van der Waals surface area (Å²) in [7, 11) is 0. The molecule has 0 amide bonds. The van der Waals surface area contributed by atoms with Gasteiger partial charge in [-0.15, -0.1) is 0 Å². The van der Waals surface area contributed by atoms with E-state index in [-0.39, 0.29) is 30.8 Å². The molecule has 0 aromatic heterocycles. The van der Waals surface area contributed by atoms with E-state index in [4.69, 9.17) is 9.47 Å². The third-order valence-electron chi connectivity index (χ3n) is 4.63. The first-order valence-electron chi connectivity index (χ1n) is 7.91. The summed E-state index contributed by atoms with van der Waals surface area (Å²) in [4.78, 5) is 23.4. The number of carbonyl (C=O) groups is 2. The Labute approximate surface area is 133 Å². The lowest BCUT2D eigenvalue weighted by molar-refractivity contribution is -0.175. The average molecular weight is 308 g/mol. The number of hydrogen-bond acceptors (Lipinski definition) is 4. The predicted octanol–water partition coefficient (Wildman–Crippen LogP) is 3.81. The molecule has 22 heavy (non-hydrogen) atoms. The SMILES string of the molecule is C=C1CC(C)C(C)(OC(=O)CCOC(=O)C(=C)C)C(CC)C1. The van der Waals surface area contributed by atoms with Gasteiger partial charge in [0.15, 0.2) is 0 Å². The molecule has 0 saturated heterocycles. The normalized spacial score (nSPS) is 28.1. The number of carbonyl (C=O) groups excluding carboxylic acids is 2. The first-order chi connectivity index (χ1) is 10.2. The smallest absolute Gasteiger partial charge is 0.333 e. The van der Waals surface area contributed by atoms with Crippen LogP contribution in [0.2, 0.25) is 0 Å². The Morgan fingerprint density at radius 2 is 2.00 bits per heavy atom. The molecule has 3 atom stereocenters. The van der Waals surface area contributed by atoms with E-state index in [1.54, 1.807) is 6.92 Å². The van der Waals surface area contributed by atoms with Crippen LogP contribution in [0.15, 0.2) is 24.3 Å². The summed E-state index contributed by atoms with van der Waals surface area (Å²) in [5.74, 6) is -0.283. The quantitative estimate of drug-likeness (QED) is 0.425. The predicted molar refractivity (Wildman–Crippen MR) is 86.2 cm³/mol. The Morgan fingerprint density at radius 1 is 1.36 bits per heavy atom. The molecule has 0 radical (unpaired) electrons. The molecule has 0 spiro atoms. The zero-order valence-electron chi connectivity index (χ0n) is 14.2. The summed E-state index contributed by atoms with van der Waals surface area (Å²) in [6.45, 7) is 15.4. The minimum absolute atomic E-state index is 0.0263. The minimum Gasteiger partial charge on any atom is -0.462 e. The van der Waals surface area contributed by atoms with Crippen molar-refractivity contribution >= 4 is 11.9 Å². The van der Waals surface area contributed by atoms with Crippen LogP contribution in [0, 0.1) is 11.8 Å². The molecular formula is C18H28O4. The van der Waals surface area contributed by atoms with Gasteiger partial charge in [0.2, 0.25) is 0 Å². The Bertz CT molecular complexity index is 466. The highest BCUT2D eigenvalue weighted by Crippen LogP contribution is 2.44. The molecule has 0 aliphatic heterocycles. The molecule has 1 fully saturated rings. The van der Waals surface area contributed by atoms with Gasteiger partial charge in [-0.2, -0.15) is 0 Å². The first-order valence-corrected chi connectivity index (χ1v) is 7.91. The molecule has 0 heterocycles. The third kappa shape index (κ3) is 4.46. The first kappa shape index (κ1) is 18.5. The van der Waals surface area contributed by atoms with Crippen molar-refractivity contribution in [2.45, 2.75) is 59.0 Å². The number of allylic oxidation sites excluding steroid dienone is 1. The van der Waals surface area contributed by atoms with E-state index >= 15 is 0 Å². The Morgan fingerprint density at radius 3 is 2.55 bits per heavy atom. The van der Waals surface area contributed by atoms with Crippen molar-refractivity contribution in [3.63, 3.8) is 0 Å². The molecule has 0 aromatic carbocycles. The average Bonchev–Trinajstić information content (AvgIpc) is 2.42. The molecule has 4 heteroatoms. The number of esters is 2. The fraction of sp³-hybridized carbons (Fsp3) is 0.667. The van der Waals surface area contributed by atoms with Crippen LogP contribution >= 0.6 is 0 Å². The number of ether oxygens (including phenoxy) is 2. The van der Waals surface area contributed by atoms with Gasteiger partial charge < -0.3 is 9.47 Å². The van der Waals surface area contributed by atoms with Crippen molar-refractivity contribution in [3.8, 4) is 0 Å². The van der Waals surface area contributed by atoms with Crippen molar-refractivity contribution in [1.82, 2.24) is 0 Å². The van der Waals surface area contributed by atoms with E-state index in [1.165, 1.54) is 5.57 Å². The Hall–Kier alpha value is -1.58. The molecule has 0 N–H and O–H groups in total. The van der Waals surface area contributed by atoms with Crippen LogP contribution in [-0.2, 0) is 19.1 Å². The van der Waals surface area contributed by atoms with Crippen LogP contribution < -0.4 is 0 Å². The van der Waals surface area contributed by atoms with Gasteiger partial charge in [0.25, 0.3) is 0 Å². The topological polar surface area (TPSA) is 52.6 Å². The molecule has 0 aromatic rings. The van der Waals surface area contributed by atoms with Gasteiger partial charge in [-0.1, -0.05) is 32.6 Å². The summed E-state index contributed by atoms with van der Waals surface area (Å²) in [5.41, 5.74) is 1.07. The number of rotatable bonds is 6. The van der Waals surface area contributed by atoms with Gasteiger partial charge in [-0.25, -0.2) is 4.79 Å². The summed E-state index contributed by atoms with van der Waals surface area (Å²) >= 11 is 0. The lowest BCUT2D eigenvalue weighted by Gasteiger charge is -2.46. The maximum atomic E-state index is 12.1. The van der Waals surface area contributed by atoms with Crippen molar-refractivity contribution < 1.29 is 19.1 Å². The molecular weight excluding hydrogens is 280 g/mol. The maximum Gasteiger partial charge on any atom is 0.333 e. The Kier molecular flexibility index (Phi) is 6.39. The second-order valence-electron chi connectivity index (χ2n) is 6.49. The van der Waals surface area contributed by atoms with Crippen LogP contribution in [0.1, 0.15) is 53.4 Å². The second kappa shape index (κ2) is 7.61. The minimum atomic E-state index is -0.481. The molecule has 3 unspecified atom stereocenters. The van der Waals surface area contributed by atoms with Crippen molar-refractivity contribution in [1.29, 1.82) is 0 Å². The molecule has 0 bridgehead atoms. The lowest BCUT2D eigenvalue weighted by atomic mass is 9.67. The van der Waals surface area contributed by atoms with Gasteiger partial charge in [0.1, 0.15) is 12.2 Å². The monoisotopic (exact) mass is 308 g/mol. The van der Waals surface area contributed by atoms with Gasteiger partial charge >= 0.3 is 11.9 Å². The van der Waals surface area contributed by atoms with E-state index in [1.807, 2.05) is 6.92 Å². The highest BCUT2D eigenvalue weighted by Gasteiger charge is 2.45. The van der Waals surface area contributed by atoms with E-state index < -0.39 is 11.6 Å². The molecule has 4 nitrogen and oxygen atoms in total. The van der Waals surface area contributed by atoms with E-state index in [9.17, 15) is 9.59 Å². The maximum absolute atomic E-state index is 12.1. The van der Waals surface area contributed by atoms with E-state index in [2.05, 4.69) is 27.0 Å². The van der Waals surface area contributed by atoms with Crippen LogP contribution in [0.25, 0.3) is 0 Å². The zero-order valence-corrected chi connectivity index (χ0v) is 14.2. The molecule has 1 rings (SSSR count). The molecule has 124 valence electrons. The molecule has 1 saturated carbocycles. The largest absolute Gasteiger partial charge is 0.462 e. The third-order valence-corrected chi connectivity index (χ3v) is 4.63. The standard InChI is InChI=1S/C18H28O4/c1-7-15-11-13(4)10-14(5)18(15,6)22-16(19)8-9-21-17(20)12(2)3/h14-15H,2,4,7-11H2,1,3,5-6H3. The van der Waals surface area contributed by atoms with Crippen LogP contribution in [-0.4, -0.2) is 24.1 Å². The van der Waals surface area contributed by atoms with Crippen LogP contribution in [0.4, 0.5) is 0 Å². The fourth-order valence-electron chi connectivity index (χ4n) is 3.05. The van der Waals surface area contributed by atoms with Gasteiger partial charge in [-0.3, -0.25) is 4.79 Å². The highest BCUT2D eigenvalue weighted by atomic mass is 16.6. The van der Waals surface area contributed by atoms with Gasteiger partial charge in [0.05, 0.1) is 6.42 Å². The van der Waals surface area contributed by atoms with Gasteiger partial charge in [-0.05, 0) is 39.0 Å². The van der Waals surface area contributed by atoms with Crippen molar-refractivity contribution in [2.75, 3.05) is 6.61 Å². The lowest BCUT2D eigenvalue weighted by Crippen LogP contribution is -2.48. The van der Waals surface area contributed by atoms with Crippen molar-refractivity contribution in [3.05, 3.63) is 24.3 Å². The highest BCUT2D eigenvalue weighted by molar-refractivity contribution is 5.87. The van der Waals surface area contributed by atoms with E-state index in [0.717, 1.165) is 19.3 Å². The summed E-state index contributed by atoms with van der Waals surface area (Å²) < 4.78 is 10.7.